The molecular weight excluding hydrogens is 422 g/mol. The number of allylic oxidation sites excluding steroid dienone is 4. The Morgan fingerprint density at radius 2 is 1.46 bits per heavy atom. The Morgan fingerprint density at radius 1 is 0.943 bits per heavy atom. The second kappa shape index (κ2) is 18.5. The number of hydrogen-bond acceptors (Lipinski definition) is 1. The van der Waals surface area contributed by atoms with Crippen LogP contribution in [0.5, 0.6) is 0 Å². The Morgan fingerprint density at radius 3 is 1.86 bits per heavy atom. The van der Waals surface area contributed by atoms with E-state index in [2.05, 4.69) is 86.9 Å². The molecule has 0 aliphatic heterocycles. The predicted octanol–water partition coefficient (Wildman–Crippen LogP) is 10.8. The lowest BCUT2D eigenvalue weighted by Crippen LogP contribution is -1.94. The Bertz CT molecular complexity index is 936. The normalized spacial score (nSPS) is 10.2. The van der Waals surface area contributed by atoms with Crippen LogP contribution in [-0.4, -0.2) is 0 Å². The smallest absolute Gasteiger partial charge is 0.0423 e. The first-order chi connectivity index (χ1) is 16.4. The first-order valence-corrected chi connectivity index (χ1v) is 12.9. The lowest BCUT2D eigenvalue weighted by molar-refractivity contribution is 0.573. The fourth-order valence-corrected chi connectivity index (χ4v) is 3.68. The quantitative estimate of drug-likeness (QED) is 0.240. The van der Waals surface area contributed by atoms with Gasteiger partial charge in [-0.15, -0.1) is 0 Å². The first-order valence-electron chi connectivity index (χ1n) is 12.9. The fourth-order valence-electron chi connectivity index (χ4n) is 3.68. The van der Waals surface area contributed by atoms with Crippen molar-refractivity contribution < 1.29 is 0 Å². The average molecular weight is 476 g/mol. The molecule has 1 nitrogen and oxygen atoms in total. The van der Waals surface area contributed by atoms with E-state index in [1.807, 2.05) is 39.0 Å². The molecule has 0 aromatic heterocycles. The highest BCUT2D eigenvalue weighted by Crippen LogP contribution is 2.24. The summed E-state index contributed by atoms with van der Waals surface area (Å²) in [4.78, 5) is 0. The summed E-state index contributed by atoms with van der Waals surface area (Å²) in [7, 11) is 0. The summed E-state index contributed by atoms with van der Waals surface area (Å²) in [6.07, 6.45) is 5.67. The number of anilines is 1. The van der Waals surface area contributed by atoms with Gasteiger partial charge in [-0.3, -0.25) is 0 Å². The standard InChI is InChI=1S/C12H16.C11H13N.C9H18.C2H6/c1-8(2)12-10(4)6-9(3)7-11(12)5;1-4-8(2)10-7-5-6-9(3)11(10)12;1-5-6-7-9(4)8(2)3;1-2/h6-7H,1H2,2-5H3;4-7H,1-2,12H2,3H3;9H,2,5-7H2,1,3-4H3;1-2H3. The SMILES string of the molecule is C=C(C)C(C)CCCC.C=C(C)c1c(C)cc(C)cc1C.C=CC(=C)c1cccc(C)c1N.CC. The van der Waals surface area contributed by atoms with Gasteiger partial charge in [0.15, 0.2) is 0 Å². The second-order valence-electron chi connectivity index (χ2n) is 9.21. The first kappa shape index (κ1) is 34.4. The maximum absolute atomic E-state index is 5.85. The minimum absolute atomic E-state index is 0.727. The van der Waals surface area contributed by atoms with Gasteiger partial charge >= 0.3 is 0 Å². The number of rotatable bonds is 7. The van der Waals surface area contributed by atoms with Crippen molar-refractivity contribution in [2.75, 3.05) is 5.73 Å². The number of aryl methyl sites for hydroxylation is 4. The topological polar surface area (TPSA) is 26.0 Å². The zero-order valence-corrected chi connectivity index (χ0v) is 24.6. The Labute approximate surface area is 218 Å². The number of nitrogen functional groups attached to an aromatic ring is 1. The minimum Gasteiger partial charge on any atom is -0.398 e. The summed E-state index contributed by atoms with van der Waals surface area (Å²) in [5.74, 6) is 0.727. The molecule has 1 atom stereocenters. The van der Waals surface area contributed by atoms with E-state index in [-0.39, 0.29) is 0 Å². The molecular formula is C34H53N. The van der Waals surface area contributed by atoms with Crippen molar-refractivity contribution in [3.8, 4) is 0 Å². The molecule has 2 rings (SSSR count). The predicted molar refractivity (Wildman–Crippen MR) is 165 cm³/mol. The fraction of sp³-hybridized carbons (Fsp3) is 0.412. The van der Waals surface area contributed by atoms with E-state index >= 15 is 0 Å². The van der Waals surface area contributed by atoms with Crippen LogP contribution < -0.4 is 5.73 Å². The van der Waals surface area contributed by atoms with Gasteiger partial charge in [0.2, 0.25) is 0 Å². The van der Waals surface area contributed by atoms with Crippen LogP contribution in [0.15, 0.2) is 68.3 Å². The van der Waals surface area contributed by atoms with Crippen molar-refractivity contribution in [2.45, 2.75) is 88.5 Å². The molecule has 0 bridgehead atoms. The zero-order chi connectivity index (χ0) is 27.7. The van der Waals surface area contributed by atoms with Gasteiger partial charge in [-0.2, -0.15) is 0 Å². The highest BCUT2D eigenvalue weighted by Gasteiger charge is 2.03. The molecule has 0 heterocycles. The summed E-state index contributed by atoms with van der Waals surface area (Å²) < 4.78 is 0. The van der Waals surface area contributed by atoms with Crippen molar-refractivity contribution in [2.24, 2.45) is 5.92 Å². The number of unbranched alkanes of at least 4 members (excludes halogenated alkanes) is 1. The van der Waals surface area contributed by atoms with E-state index in [4.69, 9.17) is 5.73 Å². The molecule has 1 unspecified atom stereocenters. The van der Waals surface area contributed by atoms with E-state index in [1.165, 1.54) is 47.1 Å². The van der Waals surface area contributed by atoms with Crippen LogP contribution in [-0.2, 0) is 0 Å². The highest BCUT2D eigenvalue weighted by molar-refractivity contribution is 5.80. The molecule has 0 radical (unpaired) electrons. The molecule has 0 spiro atoms. The van der Waals surface area contributed by atoms with Crippen molar-refractivity contribution in [3.63, 3.8) is 0 Å². The lowest BCUT2D eigenvalue weighted by atomic mass is 9.95. The Balaban J connectivity index is 0. The summed E-state index contributed by atoms with van der Waals surface area (Å²) in [6, 6.07) is 10.3. The van der Waals surface area contributed by atoms with Crippen molar-refractivity contribution in [1.82, 2.24) is 0 Å². The molecule has 0 saturated heterocycles. The summed E-state index contributed by atoms with van der Waals surface area (Å²) in [5, 5.41) is 0. The molecule has 1 heteroatoms. The molecule has 194 valence electrons. The maximum Gasteiger partial charge on any atom is 0.0423 e. The van der Waals surface area contributed by atoms with Crippen molar-refractivity contribution in [1.29, 1.82) is 0 Å². The van der Waals surface area contributed by atoms with Gasteiger partial charge < -0.3 is 5.73 Å². The molecule has 35 heavy (non-hydrogen) atoms. The second-order valence-corrected chi connectivity index (χ2v) is 9.21. The van der Waals surface area contributed by atoms with Gasteiger partial charge in [0.25, 0.3) is 0 Å². The third-order valence-corrected chi connectivity index (χ3v) is 5.85. The Kier molecular flexibility index (Phi) is 18.2. The van der Waals surface area contributed by atoms with E-state index in [1.54, 1.807) is 6.08 Å². The molecule has 0 saturated carbocycles. The van der Waals surface area contributed by atoms with Gasteiger partial charge in [0.05, 0.1) is 0 Å². The van der Waals surface area contributed by atoms with Crippen LogP contribution in [0.2, 0.25) is 0 Å². The van der Waals surface area contributed by atoms with E-state index in [9.17, 15) is 0 Å². The van der Waals surface area contributed by atoms with Gasteiger partial charge in [-0.05, 0) is 81.7 Å². The summed E-state index contributed by atoms with van der Waals surface area (Å²) >= 11 is 0. The number of hydrogen-bond donors (Lipinski definition) is 1. The maximum atomic E-state index is 5.85. The molecule has 0 aliphatic carbocycles. The van der Waals surface area contributed by atoms with Crippen LogP contribution in [0, 0.1) is 33.6 Å². The van der Waals surface area contributed by atoms with Crippen LogP contribution in [0.4, 0.5) is 5.69 Å². The van der Waals surface area contributed by atoms with E-state index in [0.717, 1.165) is 33.9 Å². The van der Waals surface area contributed by atoms with Crippen LogP contribution in [0.1, 0.15) is 94.2 Å². The summed E-state index contributed by atoms with van der Waals surface area (Å²) in [6.45, 7) is 36.4. The van der Waals surface area contributed by atoms with E-state index < -0.39 is 0 Å². The van der Waals surface area contributed by atoms with E-state index in [0.29, 0.717) is 0 Å². The Hall–Kier alpha value is -2.80. The van der Waals surface area contributed by atoms with Gasteiger partial charge in [-0.25, -0.2) is 0 Å². The lowest BCUT2D eigenvalue weighted by Gasteiger charge is -2.10. The zero-order valence-electron chi connectivity index (χ0n) is 24.6. The minimum atomic E-state index is 0.727. The van der Waals surface area contributed by atoms with Crippen molar-refractivity contribution >= 4 is 16.8 Å². The van der Waals surface area contributed by atoms with Crippen LogP contribution >= 0.6 is 0 Å². The van der Waals surface area contributed by atoms with Gasteiger partial charge in [0, 0.05) is 11.3 Å². The van der Waals surface area contributed by atoms with Gasteiger partial charge in [0.1, 0.15) is 0 Å². The number of nitrogens with two attached hydrogens (primary N) is 1. The summed E-state index contributed by atoms with van der Waals surface area (Å²) in [5.41, 5.74) is 17.4. The third-order valence-electron chi connectivity index (χ3n) is 5.85. The molecule has 0 aliphatic rings. The molecule has 0 fully saturated rings. The average Bonchev–Trinajstić information content (AvgIpc) is 2.80. The highest BCUT2D eigenvalue weighted by atomic mass is 14.6. The molecule has 2 aromatic carbocycles. The monoisotopic (exact) mass is 475 g/mol. The number of benzene rings is 2. The third kappa shape index (κ3) is 13.0. The molecule has 2 aromatic rings. The number of para-hydroxylation sites is 1. The van der Waals surface area contributed by atoms with Crippen LogP contribution in [0.25, 0.3) is 11.1 Å². The molecule has 0 amide bonds. The van der Waals surface area contributed by atoms with Crippen molar-refractivity contribution in [3.05, 3.63) is 102 Å². The largest absolute Gasteiger partial charge is 0.398 e. The van der Waals surface area contributed by atoms with Crippen LogP contribution in [0.3, 0.4) is 0 Å². The molecule has 2 N–H and O–H groups in total. The van der Waals surface area contributed by atoms with Gasteiger partial charge in [-0.1, -0.05) is 120 Å².